The molecule has 1 atom stereocenters. The lowest BCUT2D eigenvalue weighted by atomic mass is 10.1. The summed E-state index contributed by atoms with van der Waals surface area (Å²) >= 11 is 6.64. The highest BCUT2D eigenvalue weighted by Crippen LogP contribution is 2.36. The Morgan fingerprint density at radius 3 is 2.83 bits per heavy atom. The summed E-state index contributed by atoms with van der Waals surface area (Å²) in [6, 6.07) is 7.91. The molecule has 1 aromatic carbocycles. The zero-order valence-electron chi connectivity index (χ0n) is 20.3. The molecule has 2 aromatic heterocycles. The van der Waals surface area contributed by atoms with Crippen LogP contribution in [0.4, 0.5) is 11.8 Å². The van der Waals surface area contributed by atoms with E-state index in [2.05, 4.69) is 32.5 Å². The molecule has 1 unspecified atom stereocenters. The molecule has 0 amide bonds. The number of anilines is 2. The van der Waals surface area contributed by atoms with Crippen molar-refractivity contribution in [3.05, 3.63) is 35.5 Å². The number of methoxy groups -OCH3 is 1. The van der Waals surface area contributed by atoms with Gasteiger partial charge in [0.2, 0.25) is 5.95 Å². The molecular formula is C25H32ClN7O2. The number of nitrogens with one attached hydrogen (secondary N) is 2. The van der Waals surface area contributed by atoms with Gasteiger partial charge in [-0.05, 0) is 25.6 Å². The number of ether oxygens (including phenoxy) is 2. The molecule has 0 bridgehead atoms. The Morgan fingerprint density at radius 1 is 1.20 bits per heavy atom. The molecule has 2 N–H and O–H groups in total. The summed E-state index contributed by atoms with van der Waals surface area (Å²) in [5.74, 6) is 1.92. The van der Waals surface area contributed by atoms with Crippen molar-refractivity contribution < 1.29 is 9.47 Å². The summed E-state index contributed by atoms with van der Waals surface area (Å²) in [4.78, 5) is 19.2. The maximum absolute atomic E-state index is 6.64. The van der Waals surface area contributed by atoms with Gasteiger partial charge < -0.3 is 25.0 Å². The van der Waals surface area contributed by atoms with Crippen molar-refractivity contribution in [1.82, 2.24) is 24.8 Å². The minimum absolute atomic E-state index is 0.226. The number of rotatable bonds is 8. The fourth-order valence-corrected chi connectivity index (χ4v) is 4.77. The lowest BCUT2D eigenvalue weighted by Gasteiger charge is -2.32. The number of piperazine rings is 1. The van der Waals surface area contributed by atoms with Crippen LogP contribution in [0.1, 0.15) is 6.42 Å². The Hall–Kier alpha value is -2.72. The van der Waals surface area contributed by atoms with Crippen molar-refractivity contribution in [2.45, 2.75) is 12.5 Å². The quantitative estimate of drug-likeness (QED) is 0.487. The predicted molar refractivity (Wildman–Crippen MR) is 140 cm³/mol. The Bertz CT molecular complexity index is 1160. The van der Waals surface area contributed by atoms with Crippen molar-refractivity contribution in [3.8, 4) is 17.0 Å². The summed E-state index contributed by atoms with van der Waals surface area (Å²) in [5, 5.41) is 8.36. The van der Waals surface area contributed by atoms with E-state index in [1.165, 1.54) is 0 Å². The summed E-state index contributed by atoms with van der Waals surface area (Å²) < 4.78 is 10.9. The summed E-state index contributed by atoms with van der Waals surface area (Å²) in [6.07, 6.45) is 2.79. The minimum Gasteiger partial charge on any atom is -0.495 e. The minimum atomic E-state index is 0.226. The van der Waals surface area contributed by atoms with E-state index in [-0.39, 0.29) is 6.04 Å². The van der Waals surface area contributed by atoms with Gasteiger partial charge >= 0.3 is 0 Å². The van der Waals surface area contributed by atoms with Crippen molar-refractivity contribution in [2.24, 2.45) is 0 Å². The lowest BCUT2D eigenvalue weighted by molar-refractivity contribution is 0.158. The molecule has 9 nitrogen and oxygen atoms in total. The van der Waals surface area contributed by atoms with E-state index in [4.69, 9.17) is 31.0 Å². The van der Waals surface area contributed by atoms with Gasteiger partial charge in [0.05, 0.1) is 30.5 Å². The van der Waals surface area contributed by atoms with Crippen molar-refractivity contribution in [2.75, 3.05) is 77.3 Å². The smallest absolute Gasteiger partial charge is 0.223 e. The van der Waals surface area contributed by atoms with Gasteiger partial charge in [0.25, 0.3) is 0 Å². The summed E-state index contributed by atoms with van der Waals surface area (Å²) in [5.41, 5.74) is 2.33. The topological polar surface area (TPSA) is 87.7 Å². The number of pyridine rings is 1. The van der Waals surface area contributed by atoms with Crippen LogP contribution < -0.4 is 15.4 Å². The number of nitrogens with zero attached hydrogens (tertiary/aromatic N) is 5. The summed E-state index contributed by atoms with van der Waals surface area (Å²) in [6.45, 7) is 7.48. The number of halogens is 1. The number of likely N-dealkylation sites (N-methyl/N-ethyl adjacent to an activating group) is 1. The average Bonchev–Trinajstić information content (AvgIpc) is 3.38. The molecule has 4 heterocycles. The van der Waals surface area contributed by atoms with Gasteiger partial charge in [0.15, 0.2) is 5.82 Å². The first-order chi connectivity index (χ1) is 17.1. The third kappa shape index (κ3) is 5.59. The van der Waals surface area contributed by atoms with Crippen LogP contribution in [0.25, 0.3) is 22.2 Å². The molecule has 2 aliphatic rings. The normalized spacial score (nSPS) is 19.2. The van der Waals surface area contributed by atoms with Crippen LogP contribution >= 0.6 is 11.6 Å². The first kappa shape index (κ1) is 24.0. The highest BCUT2D eigenvalue weighted by molar-refractivity contribution is 6.34. The van der Waals surface area contributed by atoms with Crippen LogP contribution in [0.15, 0.2) is 30.5 Å². The number of benzene rings is 1. The monoisotopic (exact) mass is 497 g/mol. The van der Waals surface area contributed by atoms with Gasteiger partial charge in [-0.25, -0.2) is 15.0 Å². The lowest BCUT2D eigenvalue weighted by Crippen LogP contribution is -2.45. The molecule has 0 radical (unpaired) electrons. The van der Waals surface area contributed by atoms with Crippen LogP contribution in [-0.2, 0) is 4.74 Å². The van der Waals surface area contributed by atoms with Crippen LogP contribution in [0, 0.1) is 0 Å². The fourth-order valence-electron chi connectivity index (χ4n) is 4.47. The van der Waals surface area contributed by atoms with Gasteiger partial charge in [0.1, 0.15) is 11.3 Å². The van der Waals surface area contributed by atoms with Crippen molar-refractivity contribution in [3.63, 3.8) is 0 Å². The fraction of sp³-hybridized carbons (Fsp3) is 0.480. The van der Waals surface area contributed by atoms with Gasteiger partial charge in [-0.3, -0.25) is 4.90 Å². The largest absolute Gasteiger partial charge is 0.495 e. The molecule has 0 aliphatic carbocycles. The van der Waals surface area contributed by atoms with Crippen molar-refractivity contribution in [1.29, 1.82) is 0 Å². The predicted octanol–water partition coefficient (Wildman–Crippen LogP) is 3.21. The van der Waals surface area contributed by atoms with Crippen LogP contribution in [-0.4, -0.2) is 97.4 Å². The molecule has 0 saturated carbocycles. The van der Waals surface area contributed by atoms with E-state index in [0.717, 1.165) is 80.3 Å². The SMILES string of the molecule is COc1cccc(-c2cc3cnc(NC4CCOC4)nc3c(NCCN3CCN(C)CC3)n2)c1Cl. The molecule has 2 aliphatic heterocycles. The first-order valence-electron chi connectivity index (χ1n) is 12.1. The second-order valence-electron chi connectivity index (χ2n) is 9.09. The van der Waals surface area contributed by atoms with E-state index in [0.29, 0.717) is 23.3 Å². The second-order valence-corrected chi connectivity index (χ2v) is 9.46. The zero-order chi connectivity index (χ0) is 24.2. The molecule has 10 heteroatoms. The molecule has 186 valence electrons. The molecule has 0 spiro atoms. The molecule has 5 rings (SSSR count). The van der Waals surface area contributed by atoms with E-state index in [1.54, 1.807) is 7.11 Å². The number of hydrogen-bond acceptors (Lipinski definition) is 9. The third-order valence-corrected chi connectivity index (χ3v) is 6.99. The van der Waals surface area contributed by atoms with Crippen LogP contribution in [0.2, 0.25) is 5.02 Å². The first-order valence-corrected chi connectivity index (χ1v) is 12.5. The highest BCUT2D eigenvalue weighted by Gasteiger charge is 2.19. The standard InChI is InChI=1S/C25H32ClN7O2/c1-32-9-11-33(12-10-32)8-7-27-24-23-17(15-28-25(31-23)29-18-6-13-35-16-18)14-20(30-24)19-4-3-5-21(34-2)22(19)26/h3-5,14-15,18H,6-13,16H2,1-2H3,(H,27,30)(H,28,29,31). The molecule has 2 saturated heterocycles. The number of aromatic nitrogens is 3. The Morgan fingerprint density at radius 2 is 2.06 bits per heavy atom. The highest BCUT2D eigenvalue weighted by atomic mass is 35.5. The second kappa shape index (κ2) is 10.9. The van der Waals surface area contributed by atoms with Gasteiger partial charge in [0, 0.05) is 63.0 Å². The summed E-state index contributed by atoms with van der Waals surface area (Å²) in [7, 11) is 3.78. The third-order valence-electron chi connectivity index (χ3n) is 6.60. The van der Waals surface area contributed by atoms with E-state index in [9.17, 15) is 0 Å². The van der Waals surface area contributed by atoms with Gasteiger partial charge in [-0.1, -0.05) is 23.7 Å². The Labute approximate surface area is 210 Å². The molecule has 35 heavy (non-hydrogen) atoms. The Balaban J connectivity index is 1.44. The van der Waals surface area contributed by atoms with E-state index < -0.39 is 0 Å². The van der Waals surface area contributed by atoms with E-state index in [1.807, 2.05) is 30.5 Å². The van der Waals surface area contributed by atoms with E-state index >= 15 is 0 Å². The Kier molecular flexibility index (Phi) is 7.48. The van der Waals surface area contributed by atoms with Gasteiger partial charge in [-0.15, -0.1) is 0 Å². The van der Waals surface area contributed by atoms with Crippen LogP contribution in [0.3, 0.4) is 0 Å². The molecule has 3 aromatic rings. The van der Waals surface area contributed by atoms with Crippen molar-refractivity contribution >= 4 is 34.3 Å². The maximum atomic E-state index is 6.64. The maximum Gasteiger partial charge on any atom is 0.223 e. The van der Waals surface area contributed by atoms with Gasteiger partial charge in [-0.2, -0.15) is 0 Å². The molecule has 2 fully saturated rings. The molecular weight excluding hydrogens is 466 g/mol. The number of fused-ring (bicyclic) bond motifs is 1. The van der Waals surface area contributed by atoms with Crippen LogP contribution in [0.5, 0.6) is 5.75 Å². The number of hydrogen-bond donors (Lipinski definition) is 2. The zero-order valence-corrected chi connectivity index (χ0v) is 21.0. The average molecular weight is 498 g/mol.